The molecule has 160 valence electrons. The zero-order valence-corrected chi connectivity index (χ0v) is 16.4. The molecular formula is C21H18F2N4O4. The van der Waals surface area contributed by atoms with Crippen LogP contribution in [-0.4, -0.2) is 40.9 Å². The predicted octanol–water partition coefficient (Wildman–Crippen LogP) is 2.58. The second-order valence-electron chi connectivity index (χ2n) is 6.45. The molecule has 0 saturated carbocycles. The minimum atomic E-state index is -1.11. The maximum absolute atomic E-state index is 13.1. The summed E-state index contributed by atoms with van der Waals surface area (Å²) in [6, 6.07) is 12.0. The molecule has 0 spiro atoms. The Hall–Kier alpha value is -4.08. The fourth-order valence-corrected chi connectivity index (χ4v) is 2.60. The van der Waals surface area contributed by atoms with Gasteiger partial charge in [-0.2, -0.15) is 0 Å². The quantitative estimate of drug-likeness (QED) is 0.501. The normalized spacial score (nSPS) is 10.4. The summed E-state index contributed by atoms with van der Waals surface area (Å²) in [5, 5.41) is 4.56. The number of H-pyrrole nitrogens is 1. The van der Waals surface area contributed by atoms with Gasteiger partial charge in [0.05, 0.1) is 6.54 Å². The maximum atomic E-state index is 13.1. The fraction of sp³-hybridized carbons (Fsp3) is 0.143. The van der Waals surface area contributed by atoms with Crippen LogP contribution in [0.1, 0.15) is 16.2 Å². The molecule has 0 aliphatic carbocycles. The number of imidazole rings is 1. The van der Waals surface area contributed by atoms with Gasteiger partial charge in [-0.15, -0.1) is 0 Å². The van der Waals surface area contributed by atoms with Crippen molar-refractivity contribution in [2.75, 3.05) is 18.5 Å². The Bertz CT molecular complexity index is 1120. The molecule has 0 fully saturated rings. The number of aromatic amines is 1. The van der Waals surface area contributed by atoms with Crippen LogP contribution in [0, 0.1) is 18.6 Å². The predicted molar refractivity (Wildman–Crippen MR) is 107 cm³/mol. The largest absolute Gasteiger partial charge is 0.451 e. The van der Waals surface area contributed by atoms with Gasteiger partial charge in [0.15, 0.2) is 23.9 Å². The van der Waals surface area contributed by atoms with E-state index in [9.17, 15) is 23.2 Å². The minimum Gasteiger partial charge on any atom is -0.451 e. The van der Waals surface area contributed by atoms with Crippen LogP contribution in [0.25, 0.3) is 11.4 Å². The Kier molecular flexibility index (Phi) is 6.71. The van der Waals surface area contributed by atoms with Crippen LogP contribution in [0.5, 0.6) is 0 Å². The van der Waals surface area contributed by atoms with Gasteiger partial charge in [0, 0.05) is 23.0 Å². The highest BCUT2D eigenvalue weighted by atomic mass is 19.2. The number of aryl methyl sites for hydroxylation is 1. The molecule has 0 atom stereocenters. The number of aromatic nitrogens is 2. The number of anilines is 1. The smallest absolute Gasteiger partial charge is 0.359 e. The molecule has 1 aromatic heterocycles. The molecule has 2 aromatic carbocycles. The highest BCUT2D eigenvalue weighted by Gasteiger charge is 2.18. The Labute approximate surface area is 175 Å². The number of carbonyl (C=O) groups excluding carboxylic acids is 3. The van der Waals surface area contributed by atoms with Crippen molar-refractivity contribution in [1.29, 1.82) is 0 Å². The second-order valence-corrected chi connectivity index (χ2v) is 6.45. The summed E-state index contributed by atoms with van der Waals surface area (Å²) in [6.07, 6.45) is 0. The number of halogens is 2. The lowest BCUT2D eigenvalue weighted by molar-refractivity contribution is -0.126. The summed E-state index contributed by atoms with van der Waals surface area (Å²) < 4.78 is 31.0. The van der Waals surface area contributed by atoms with Crippen LogP contribution >= 0.6 is 0 Å². The number of nitrogens with one attached hydrogen (secondary N) is 3. The van der Waals surface area contributed by atoms with Gasteiger partial charge in [-0.25, -0.2) is 18.6 Å². The van der Waals surface area contributed by atoms with Gasteiger partial charge >= 0.3 is 5.97 Å². The van der Waals surface area contributed by atoms with E-state index in [2.05, 4.69) is 20.6 Å². The summed E-state index contributed by atoms with van der Waals surface area (Å²) in [7, 11) is 0. The molecule has 31 heavy (non-hydrogen) atoms. The number of rotatable bonds is 7. The first kappa shape index (κ1) is 21.6. The van der Waals surface area contributed by atoms with Crippen molar-refractivity contribution < 1.29 is 27.9 Å². The number of esters is 1. The summed E-state index contributed by atoms with van der Waals surface area (Å²) in [5.74, 6) is -3.85. The van der Waals surface area contributed by atoms with Gasteiger partial charge in [0.2, 0.25) is 5.91 Å². The van der Waals surface area contributed by atoms with E-state index in [1.54, 1.807) is 6.92 Å². The van der Waals surface area contributed by atoms with Gasteiger partial charge < -0.3 is 20.4 Å². The van der Waals surface area contributed by atoms with E-state index < -0.39 is 42.6 Å². The molecule has 10 heteroatoms. The van der Waals surface area contributed by atoms with Crippen molar-refractivity contribution >= 4 is 23.5 Å². The fourth-order valence-electron chi connectivity index (χ4n) is 2.60. The number of benzene rings is 2. The SMILES string of the molecule is Cc1[nH]c(-c2ccccc2)nc1C(=O)OCC(=O)NCC(=O)Nc1ccc(F)c(F)c1. The Morgan fingerprint density at radius 2 is 1.77 bits per heavy atom. The zero-order valence-electron chi connectivity index (χ0n) is 16.4. The lowest BCUT2D eigenvalue weighted by Crippen LogP contribution is -2.35. The van der Waals surface area contributed by atoms with Crippen molar-refractivity contribution in [3.8, 4) is 11.4 Å². The molecule has 0 radical (unpaired) electrons. The molecule has 0 aliphatic heterocycles. The number of nitrogens with zero attached hydrogens (tertiary/aromatic N) is 1. The van der Waals surface area contributed by atoms with E-state index in [4.69, 9.17) is 4.74 Å². The number of amides is 2. The summed E-state index contributed by atoms with van der Waals surface area (Å²) in [6.45, 7) is 0.581. The van der Waals surface area contributed by atoms with E-state index in [0.717, 1.165) is 17.7 Å². The molecular weight excluding hydrogens is 410 g/mol. The van der Waals surface area contributed by atoms with E-state index in [-0.39, 0.29) is 11.4 Å². The number of hydrogen-bond acceptors (Lipinski definition) is 5. The Morgan fingerprint density at radius 3 is 2.48 bits per heavy atom. The summed E-state index contributed by atoms with van der Waals surface area (Å²) in [5.41, 5.74) is 1.35. The zero-order chi connectivity index (χ0) is 22.4. The van der Waals surface area contributed by atoms with Crippen molar-refractivity contribution in [3.05, 3.63) is 71.6 Å². The monoisotopic (exact) mass is 428 g/mol. The lowest BCUT2D eigenvalue weighted by Gasteiger charge is -2.08. The van der Waals surface area contributed by atoms with Crippen molar-refractivity contribution in [3.63, 3.8) is 0 Å². The van der Waals surface area contributed by atoms with Gasteiger partial charge in [-0.1, -0.05) is 30.3 Å². The van der Waals surface area contributed by atoms with Gasteiger partial charge in [-0.3, -0.25) is 9.59 Å². The molecule has 8 nitrogen and oxygen atoms in total. The first-order valence-corrected chi connectivity index (χ1v) is 9.14. The number of hydrogen-bond donors (Lipinski definition) is 3. The minimum absolute atomic E-state index is 0.0350. The van der Waals surface area contributed by atoms with Crippen LogP contribution < -0.4 is 10.6 Å². The molecule has 0 unspecified atom stereocenters. The Morgan fingerprint density at radius 1 is 1.03 bits per heavy atom. The summed E-state index contributed by atoms with van der Waals surface area (Å²) in [4.78, 5) is 43.0. The van der Waals surface area contributed by atoms with Crippen molar-refractivity contribution in [2.45, 2.75) is 6.92 Å². The highest BCUT2D eigenvalue weighted by Crippen LogP contribution is 2.18. The number of carbonyl (C=O) groups is 3. The van der Waals surface area contributed by atoms with Crippen LogP contribution in [0.2, 0.25) is 0 Å². The first-order chi connectivity index (χ1) is 14.8. The molecule has 2 amide bonds. The third-order valence-electron chi connectivity index (χ3n) is 4.11. The number of ether oxygens (including phenoxy) is 1. The van der Waals surface area contributed by atoms with Crippen LogP contribution in [-0.2, 0) is 14.3 Å². The summed E-state index contributed by atoms with van der Waals surface area (Å²) >= 11 is 0. The van der Waals surface area contributed by atoms with Crippen molar-refractivity contribution in [1.82, 2.24) is 15.3 Å². The topological polar surface area (TPSA) is 113 Å². The van der Waals surface area contributed by atoms with E-state index in [1.165, 1.54) is 6.07 Å². The van der Waals surface area contributed by atoms with E-state index in [1.807, 2.05) is 30.3 Å². The maximum Gasteiger partial charge on any atom is 0.359 e. The standard InChI is InChI=1S/C21H18F2N4O4/c1-12-19(27-20(25-12)13-5-3-2-4-6-13)21(30)31-11-18(29)24-10-17(28)26-14-7-8-15(22)16(23)9-14/h2-9H,10-11H2,1H3,(H,24,29)(H,25,27)(H,26,28). The second kappa shape index (κ2) is 9.61. The van der Waals surface area contributed by atoms with Gasteiger partial charge in [0.1, 0.15) is 5.82 Å². The molecule has 0 saturated heterocycles. The third-order valence-corrected chi connectivity index (χ3v) is 4.11. The highest BCUT2D eigenvalue weighted by molar-refractivity contribution is 5.95. The molecule has 1 heterocycles. The lowest BCUT2D eigenvalue weighted by atomic mass is 10.2. The Balaban J connectivity index is 1.47. The van der Waals surface area contributed by atoms with Crippen LogP contribution in [0.15, 0.2) is 48.5 Å². The first-order valence-electron chi connectivity index (χ1n) is 9.14. The van der Waals surface area contributed by atoms with Crippen molar-refractivity contribution in [2.24, 2.45) is 0 Å². The van der Waals surface area contributed by atoms with Crippen LogP contribution in [0.3, 0.4) is 0 Å². The van der Waals surface area contributed by atoms with Gasteiger partial charge in [0.25, 0.3) is 5.91 Å². The average Bonchev–Trinajstić information content (AvgIpc) is 3.15. The average molecular weight is 428 g/mol. The molecule has 3 N–H and O–H groups in total. The third kappa shape index (κ3) is 5.72. The molecule has 0 bridgehead atoms. The van der Waals surface area contributed by atoms with Crippen LogP contribution in [0.4, 0.5) is 14.5 Å². The molecule has 3 rings (SSSR count). The van der Waals surface area contributed by atoms with E-state index in [0.29, 0.717) is 11.5 Å². The molecule has 3 aromatic rings. The van der Waals surface area contributed by atoms with E-state index >= 15 is 0 Å². The van der Waals surface area contributed by atoms with Gasteiger partial charge in [-0.05, 0) is 19.1 Å². The molecule has 0 aliphatic rings.